The molecule has 4 atom stereocenters. The fraction of sp³-hybridized carbons (Fsp3) is 0.450. The standard InChI is InChI=1S/C20H28N4O7S/c1-11(20(30)31)22-19(29)15(9-12-5-3-2-4-6-12)24-18(28)14(7-8-16(25)26)23-17(27)13(21)10-32/h2-6,11,13-15,32H,7-10,21H2,1H3,(H,22,29)(H,23,27)(H,24,28)(H,25,26)(H,30,31). The number of carboxylic acid groups (broad SMARTS) is 2. The van der Waals surface area contributed by atoms with Gasteiger partial charge in [-0.3, -0.25) is 24.0 Å². The first-order chi connectivity index (χ1) is 15.0. The Bertz CT molecular complexity index is 821. The molecular formula is C20H28N4O7S. The summed E-state index contributed by atoms with van der Waals surface area (Å²) in [4.78, 5) is 59.7. The Morgan fingerprint density at radius 2 is 1.50 bits per heavy atom. The summed E-state index contributed by atoms with van der Waals surface area (Å²) in [6, 6.07) is 4.03. The van der Waals surface area contributed by atoms with Crippen molar-refractivity contribution in [3.63, 3.8) is 0 Å². The molecule has 176 valence electrons. The van der Waals surface area contributed by atoms with Crippen LogP contribution in [-0.4, -0.2) is 69.8 Å². The number of carbonyl (C=O) groups excluding carboxylic acids is 3. The van der Waals surface area contributed by atoms with Gasteiger partial charge in [0, 0.05) is 18.6 Å². The third-order valence-corrected chi connectivity index (χ3v) is 4.85. The van der Waals surface area contributed by atoms with Crippen molar-refractivity contribution in [2.45, 2.75) is 50.4 Å². The zero-order valence-corrected chi connectivity index (χ0v) is 18.4. The second-order valence-electron chi connectivity index (χ2n) is 7.10. The minimum atomic E-state index is -1.27. The summed E-state index contributed by atoms with van der Waals surface area (Å²) in [6.07, 6.45) is -0.613. The van der Waals surface area contributed by atoms with Gasteiger partial charge in [-0.2, -0.15) is 12.6 Å². The van der Waals surface area contributed by atoms with Crippen molar-refractivity contribution in [3.8, 4) is 0 Å². The first-order valence-corrected chi connectivity index (χ1v) is 10.4. The quantitative estimate of drug-likeness (QED) is 0.178. The summed E-state index contributed by atoms with van der Waals surface area (Å²) in [5, 5.41) is 25.2. The Labute approximate surface area is 190 Å². The largest absolute Gasteiger partial charge is 0.481 e. The molecule has 7 N–H and O–H groups in total. The lowest BCUT2D eigenvalue weighted by Crippen LogP contribution is -2.57. The molecular weight excluding hydrogens is 440 g/mol. The van der Waals surface area contributed by atoms with Gasteiger partial charge in [0.05, 0.1) is 6.04 Å². The van der Waals surface area contributed by atoms with Crippen molar-refractivity contribution in [2.24, 2.45) is 5.73 Å². The number of aliphatic carboxylic acids is 2. The summed E-state index contributed by atoms with van der Waals surface area (Å²) in [5.74, 6) is -4.67. The number of nitrogens with one attached hydrogen (secondary N) is 3. The van der Waals surface area contributed by atoms with Gasteiger partial charge in [0.1, 0.15) is 18.1 Å². The Morgan fingerprint density at radius 1 is 0.938 bits per heavy atom. The molecule has 11 nitrogen and oxygen atoms in total. The van der Waals surface area contributed by atoms with Crippen molar-refractivity contribution in [2.75, 3.05) is 5.75 Å². The predicted octanol–water partition coefficient (Wildman–Crippen LogP) is -1.09. The lowest BCUT2D eigenvalue weighted by Gasteiger charge is -2.24. The van der Waals surface area contributed by atoms with Gasteiger partial charge in [0.15, 0.2) is 0 Å². The topological polar surface area (TPSA) is 188 Å². The minimum absolute atomic E-state index is 0.00518. The average molecular weight is 469 g/mol. The van der Waals surface area contributed by atoms with Crippen LogP contribution in [0.4, 0.5) is 0 Å². The molecule has 0 aromatic heterocycles. The molecule has 1 rings (SSSR count). The Morgan fingerprint density at radius 3 is 2.03 bits per heavy atom. The van der Waals surface area contributed by atoms with Crippen LogP contribution in [0, 0.1) is 0 Å². The van der Waals surface area contributed by atoms with E-state index in [-0.39, 0.29) is 18.6 Å². The van der Waals surface area contributed by atoms with Crippen LogP contribution in [0.5, 0.6) is 0 Å². The first kappa shape index (κ1) is 26.9. The number of amides is 3. The van der Waals surface area contributed by atoms with Crippen molar-refractivity contribution in [1.29, 1.82) is 0 Å². The number of carbonyl (C=O) groups is 5. The van der Waals surface area contributed by atoms with Gasteiger partial charge < -0.3 is 31.9 Å². The van der Waals surface area contributed by atoms with E-state index in [1.807, 2.05) is 0 Å². The monoisotopic (exact) mass is 468 g/mol. The molecule has 0 radical (unpaired) electrons. The first-order valence-electron chi connectivity index (χ1n) is 9.81. The molecule has 3 amide bonds. The van der Waals surface area contributed by atoms with E-state index in [0.29, 0.717) is 5.56 Å². The third kappa shape index (κ3) is 9.35. The van der Waals surface area contributed by atoms with Crippen molar-refractivity contribution in [1.82, 2.24) is 16.0 Å². The van der Waals surface area contributed by atoms with Gasteiger partial charge in [-0.1, -0.05) is 30.3 Å². The van der Waals surface area contributed by atoms with E-state index < -0.39 is 60.2 Å². The molecule has 0 saturated carbocycles. The van der Waals surface area contributed by atoms with Gasteiger partial charge in [0.2, 0.25) is 17.7 Å². The van der Waals surface area contributed by atoms with Gasteiger partial charge in [0.25, 0.3) is 0 Å². The van der Waals surface area contributed by atoms with Crippen LogP contribution >= 0.6 is 12.6 Å². The summed E-state index contributed by atoms with van der Waals surface area (Å²) in [5.41, 5.74) is 6.29. The van der Waals surface area contributed by atoms with E-state index in [1.165, 1.54) is 6.92 Å². The maximum atomic E-state index is 12.9. The summed E-state index contributed by atoms with van der Waals surface area (Å²) in [6.45, 7) is 1.27. The summed E-state index contributed by atoms with van der Waals surface area (Å²) >= 11 is 3.92. The smallest absolute Gasteiger partial charge is 0.325 e. The molecule has 0 bridgehead atoms. The normalized spacial score (nSPS) is 14.3. The van der Waals surface area contributed by atoms with Crippen LogP contribution in [-0.2, 0) is 30.4 Å². The van der Waals surface area contributed by atoms with E-state index >= 15 is 0 Å². The van der Waals surface area contributed by atoms with Crippen LogP contribution in [0.25, 0.3) is 0 Å². The molecule has 12 heteroatoms. The second kappa shape index (κ2) is 13.3. The molecule has 4 unspecified atom stereocenters. The van der Waals surface area contributed by atoms with Gasteiger partial charge >= 0.3 is 11.9 Å². The highest BCUT2D eigenvalue weighted by Crippen LogP contribution is 2.06. The lowest BCUT2D eigenvalue weighted by molar-refractivity contribution is -0.141. The molecule has 1 aromatic carbocycles. The Hall–Kier alpha value is -3.12. The number of hydrogen-bond donors (Lipinski definition) is 7. The fourth-order valence-electron chi connectivity index (χ4n) is 2.61. The second-order valence-corrected chi connectivity index (χ2v) is 7.47. The molecule has 0 heterocycles. The average Bonchev–Trinajstić information content (AvgIpc) is 2.75. The van der Waals surface area contributed by atoms with Crippen LogP contribution in [0.1, 0.15) is 25.3 Å². The van der Waals surface area contributed by atoms with Crippen LogP contribution in [0.3, 0.4) is 0 Å². The zero-order valence-electron chi connectivity index (χ0n) is 17.5. The number of nitrogens with two attached hydrogens (primary N) is 1. The number of rotatable bonds is 13. The number of hydrogen-bond acceptors (Lipinski definition) is 7. The number of carboxylic acids is 2. The lowest BCUT2D eigenvalue weighted by atomic mass is 10.0. The van der Waals surface area contributed by atoms with E-state index in [1.54, 1.807) is 30.3 Å². The molecule has 0 aliphatic rings. The van der Waals surface area contributed by atoms with Crippen molar-refractivity contribution < 1.29 is 34.2 Å². The van der Waals surface area contributed by atoms with Crippen molar-refractivity contribution >= 4 is 42.3 Å². The van der Waals surface area contributed by atoms with Crippen LogP contribution in [0.2, 0.25) is 0 Å². The maximum absolute atomic E-state index is 12.9. The summed E-state index contributed by atoms with van der Waals surface area (Å²) in [7, 11) is 0. The van der Waals surface area contributed by atoms with Gasteiger partial charge in [-0.15, -0.1) is 0 Å². The minimum Gasteiger partial charge on any atom is -0.481 e. The Kier molecular flexibility index (Phi) is 11.2. The zero-order chi connectivity index (χ0) is 24.3. The molecule has 0 saturated heterocycles. The highest BCUT2D eigenvalue weighted by molar-refractivity contribution is 7.80. The Balaban J connectivity index is 3.05. The molecule has 0 fully saturated rings. The van der Waals surface area contributed by atoms with E-state index in [4.69, 9.17) is 15.9 Å². The predicted molar refractivity (Wildman–Crippen MR) is 118 cm³/mol. The van der Waals surface area contributed by atoms with Gasteiger partial charge in [-0.25, -0.2) is 0 Å². The van der Waals surface area contributed by atoms with E-state index in [9.17, 15) is 24.0 Å². The molecule has 32 heavy (non-hydrogen) atoms. The fourth-order valence-corrected chi connectivity index (χ4v) is 2.77. The SMILES string of the molecule is CC(NC(=O)C(Cc1ccccc1)NC(=O)C(CCC(=O)O)NC(=O)C(N)CS)C(=O)O. The highest BCUT2D eigenvalue weighted by Gasteiger charge is 2.29. The maximum Gasteiger partial charge on any atom is 0.325 e. The van der Waals surface area contributed by atoms with Gasteiger partial charge in [-0.05, 0) is 18.9 Å². The molecule has 0 aliphatic carbocycles. The van der Waals surface area contributed by atoms with Crippen LogP contribution < -0.4 is 21.7 Å². The van der Waals surface area contributed by atoms with Crippen molar-refractivity contribution in [3.05, 3.63) is 35.9 Å². The molecule has 0 spiro atoms. The number of benzene rings is 1. The van der Waals surface area contributed by atoms with Crippen LogP contribution in [0.15, 0.2) is 30.3 Å². The molecule has 1 aromatic rings. The third-order valence-electron chi connectivity index (χ3n) is 4.46. The van der Waals surface area contributed by atoms with E-state index in [0.717, 1.165) is 0 Å². The molecule has 0 aliphatic heterocycles. The number of thiol groups is 1. The van der Waals surface area contributed by atoms with E-state index in [2.05, 4.69) is 28.6 Å². The highest BCUT2D eigenvalue weighted by atomic mass is 32.1. The summed E-state index contributed by atoms with van der Waals surface area (Å²) < 4.78 is 0.